The third-order valence-electron chi connectivity index (χ3n) is 4.50. The minimum atomic E-state index is -0.254. The van der Waals surface area contributed by atoms with E-state index in [1.165, 1.54) is 4.57 Å². The molecule has 0 spiro atoms. The van der Waals surface area contributed by atoms with Gasteiger partial charge in [-0.15, -0.1) is 0 Å². The molecule has 4 rings (SSSR count). The predicted molar refractivity (Wildman–Crippen MR) is 107 cm³/mol. The second kappa shape index (κ2) is 7.37. The summed E-state index contributed by atoms with van der Waals surface area (Å²) in [6, 6.07) is 21.3. The van der Waals surface area contributed by atoms with Crippen molar-refractivity contribution in [1.29, 1.82) is 5.26 Å². The van der Waals surface area contributed by atoms with Crippen molar-refractivity contribution >= 4 is 16.7 Å². The fourth-order valence-electron chi connectivity index (χ4n) is 3.16. The molecule has 0 fully saturated rings. The summed E-state index contributed by atoms with van der Waals surface area (Å²) in [5.41, 5.74) is 2.56. The smallest absolute Gasteiger partial charge is 0.265 e. The average molecular weight is 370 g/mol. The number of nitrogens with zero attached hydrogens (tertiary/aromatic N) is 5. The lowest BCUT2D eigenvalue weighted by atomic mass is 10.3. The molecule has 0 aliphatic heterocycles. The standard InChI is InChI=1S/C21H18N6O/c1-15-19-20(27(25-15)17-10-6-3-7-11-17)24-18(26(13-12-22)21(19)28)14-23-16-8-4-2-5-9-16/h2-11,23H,13-14H2,1H3. The van der Waals surface area contributed by atoms with Crippen LogP contribution in [0, 0.1) is 18.3 Å². The van der Waals surface area contributed by atoms with E-state index in [0.29, 0.717) is 29.1 Å². The monoisotopic (exact) mass is 370 g/mol. The Labute approximate surface area is 161 Å². The maximum Gasteiger partial charge on any atom is 0.265 e. The molecule has 0 atom stereocenters. The summed E-state index contributed by atoms with van der Waals surface area (Å²) < 4.78 is 3.08. The first-order chi connectivity index (χ1) is 13.7. The van der Waals surface area contributed by atoms with Gasteiger partial charge in [0.1, 0.15) is 17.8 Å². The summed E-state index contributed by atoms with van der Waals surface area (Å²) in [6.45, 7) is 2.03. The van der Waals surface area contributed by atoms with Crippen LogP contribution in [0.25, 0.3) is 16.7 Å². The van der Waals surface area contributed by atoms with Crippen molar-refractivity contribution in [2.75, 3.05) is 5.32 Å². The number of fused-ring (bicyclic) bond motifs is 1. The Kier molecular flexibility index (Phi) is 4.60. The van der Waals surface area contributed by atoms with Crippen LogP contribution in [0.15, 0.2) is 65.5 Å². The van der Waals surface area contributed by atoms with Crippen LogP contribution in [0.1, 0.15) is 11.5 Å². The number of nitrogens with one attached hydrogen (secondary N) is 1. The van der Waals surface area contributed by atoms with E-state index in [0.717, 1.165) is 11.4 Å². The van der Waals surface area contributed by atoms with Crippen molar-refractivity contribution in [2.24, 2.45) is 0 Å². The van der Waals surface area contributed by atoms with Gasteiger partial charge < -0.3 is 5.32 Å². The Balaban J connectivity index is 1.87. The summed E-state index contributed by atoms with van der Waals surface area (Å²) in [4.78, 5) is 17.8. The van der Waals surface area contributed by atoms with Crippen LogP contribution in [0.2, 0.25) is 0 Å². The van der Waals surface area contributed by atoms with Gasteiger partial charge in [0, 0.05) is 5.69 Å². The molecule has 0 bridgehead atoms. The minimum Gasteiger partial charge on any atom is -0.378 e. The zero-order chi connectivity index (χ0) is 19.5. The largest absolute Gasteiger partial charge is 0.378 e. The van der Waals surface area contributed by atoms with Crippen LogP contribution in [0.4, 0.5) is 5.69 Å². The highest BCUT2D eigenvalue weighted by Gasteiger charge is 2.18. The normalized spacial score (nSPS) is 10.7. The van der Waals surface area contributed by atoms with E-state index in [1.54, 1.807) is 11.6 Å². The molecule has 0 amide bonds. The lowest BCUT2D eigenvalue weighted by molar-refractivity contribution is 0.705. The van der Waals surface area contributed by atoms with Crippen molar-refractivity contribution in [2.45, 2.75) is 20.0 Å². The molecule has 0 aliphatic rings. The number of hydrogen-bond acceptors (Lipinski definition) is 5. The molecule has 0 saturated heterocycles. The first-order valence-corrected chi connectivity index (χ1v) is 8.89. The topological polar surface area (TPSA) is 88.5 Å². The molecule has 28 heavy (non-hydrogen) atoms. The fraction of sp³-hybridized carbons (Fsp3) is 0.143. The molecule has 138 valence electrons. The van der Waals surface area contributed by atoms with Gasteiger partial charge in [-0.3, -0.25) is 9.36 Å². The highest BCUT2D eigenvalue weighted by molar-refractivity contribution is 5.79. The van der Waals surface area contributed by atoms with E-state index in [1.807, 2.05) is 60.7 Å². The summed E-state index contributed by atoms with van der Waals surface area (Å²) in [5.74, 6) is 0.486. The number of aryl methyl sites for hydroxylation is 1. The molecule has 7 nitrogen and oxygen atoms in total. The van der Waals surface area contributed by atoms with Gasteiger partial charge in [0.25, 0.3) is 5.56 Å². The Morgan fingerprint density at radius 2 is 1.75 bits per heavy atom. The number of aromatic nitrogens is 4. The van der Waals surface area contributed by atoms with Gasteiger partial charge in [0.05, 0.1) is 24.0 Å². The molecule has 4 aromatic rings. The molecule has 1 N–H and O–H groups in total. The second-order valence-electron chi connectivity index (χ2n) is 6.33. The van der Waals surface area contributed by atoms with Crippen LogP contribution >= 0.6 is 0 Å². The lowest BCUT2D eigenvalue weighted by Crippen LogP contribution is -2.27. The number of nitriles is 1. The number of rotatable bonds is 5. The van der Waals surface area contributed by atoms with Gasteiger partial charge in [-0.2, -0.15) is 10.4 Å². The van der Waals surface area contributed by atoms with Gasteiger partial charge in [0.15, 0.2) is 5.65 Å². The molecule has 0 unspecified atom stereocenters. The molecule has 0 aliphatic carbocycles. The second-order valence-corrected chi connectivity index (χ2v) is 6.33. The Bertz CT molecular complexity index is 1220. The summed E-state index contributed by atoms with van der Waals surface area (Å²) in [5, 5.41) is 17.4. The van der Waals surface area contributed by atoms with E-state index >= 15 is 0 Å². The lowest BCUT2D eigenvalue weighted by Gasteiger charge is -2.12. The third-order valence-corrected chi connectivity index (χ3v) is 4.50. The van der Waals surface area contributed by atoms with Gasteiger partial charge in [-0.1, -0.05) is 36.4 Å². The van der Waals surface area contributed by atoms with Crippen molar-refractivity contribution in [3.63, 3.8) is 0 Å². The van der Waals surface area contributed by atoms with E-state index in [-0.39, 0.29) is 12.1 Å². The summed E-state index contributed by atoms with van der Waals surface area (Å²) in [7, 11) is 0. The molecule has 0 radical (unpaired) electrons. The van der Waals surface area contributed by atoms with Crippen LogP contribution in [0.5, 0.6) is 0 Å². The molecular formula is C21H18N6O. The highest BCUT2D eigenvalue weighted by Crippen LogP contribution is 2.18. The average Bonchev–Trinajstić information content (AvgIpc) is 3.07. The number of hydrogen-bond donors (Lipinski definition) is 1. The zero-order valence-electron chi connectivity index (χ0n) is 15.3. The highest BCUT2D eigenvalue weighted by atomic mass is 16.1. The van der Waals surface area contributed by atoms with Gasteiger partial charge in [-0.25, -0.2) is 9.67 Å². The van der Waals surface area contributed by atoms with Crippen LogP contribution in [-0.4, -0.2) is 19.3 Å². The maximum atomic E-state index is 13.1. The molecule has 2 heterocycles. The minimum absolute atomic E-state index is 0.0659. The van der Waals surface area contributed by atoms with E-state index in [2.05, 4.69) is 16.5 Å². The van der Waals surface area contributed by atoms with E-state index in [9.17, 15) is 10.1 Å². The number of benzene rings is 2. The Morgan fingerprint density at radius 1 is 1.07 bits per heavy atom. The van der Waals surface area contributed by atoms with Crippen LogP contribution < -0.4 is 10.9 Å². The maximum absolute atomic E-state index is 13.1. The van der Waals surface area contributed by atoms with Crippen molar-refractivity contribution < 1.29 is 0 Å². The number of anilines is 1. The van der Waals surface area contributed by atoms with Crippen molar-refractivity contribution in [1.82, 2.24) is 19.3 Å². The summed E-state index contributed by atoms with van der Waals surface area (Å²) >= 11 is 0. The van der Waals surface area contributed by atoms with Crippen molar-refractivity contribution in [3.8, 4) is 11.8 Å². The van der Waals surface area contributed by atoms with Gasteiger partial charge in [0.2, 0.25) is 0 Å². The fourth-order valence-corrected chi connectivity index (χ4v) is 3.16. The zero-order valence-corrected chi connectivity index (χ0v) is 15.3. The van der Waals surface area contributed by atoms with Gasteiger partial charge >= 0.3 is 0 Å². The van der Waals surface area contributed by atoms with E-state index in [4.69, 9.17) is 4.98 Å². The van der Waals surface area contributed by atoms with Crippen LogP contribution in [-0.2, 0) is 13.1 Å². The first kappa shape index (κ1) is 17.5. The van der Waals surface area contributed by atoms with Crippen LogP contribution in [0.3, 0.4) is 0 Å². The third kappa shape index (κ3) is 3.12. The Hall–Kier alpha value is -3.92. The predicted octanol–water partition coefficient (Wildman–Crippen LogP) is 3.03. The van der Waals surface area contributed by atoms with Crippen molar-refractivity contribution in [3.05, 3.63) is 82.5 Å². The molecular weight excluding hydrogens is 352 g/mol. The molecule has 2 aromatic heterocycles. The Morgan fingerprint density at radius 3 is 2.43 bits per heavy atom. The summed E-state index contributed by atoms with van der Waals surface area (Å²) in [6.07, 6.45) is 0. The molecule has 2 aromatic carbocycles. The number of para-hydroxylation sites is 2. The van der Waals surface area contributed by atoms with E-state index < -0.39 is 0 Å². The molecule has 7 heteroatoms. The SMILES string of the molecule is Cc1nn(-c2ccccc2)c2nc(CNc3ccccc3)n(CC#N)c(=O)c12. The quantitative estimate of drug-likeness (QED) is 0.583. The van der Waals surface area contributed by atoms with Gasteiger partial charge in [-0.05, 0) is 31.2 Å². The molecule has 0 saturated carbocycles. The first-order valence-electron chi connectivity index (χ1n) is 8.89.